The zero-order chi connectivity index (χ0) is 10.1. The molecule has 2 heterocycles. The molecular formula is C10H9ClN2O. The van der Waals surface area contributed by atoms with Crippen LogP contribution in [0.15, 0.2) is 35.3 Å². The third-order valence-electron chi connectivity index (χ3n) is 2.11. The minimum absolute atomic E-state index is 0.109. The number of aromatic nitrogens is 2. The van der Waals surface area contributed by atoms with Crippen molar-refractivity contribution in [2.45, 2.75) is 0 Å². The second-order valence-electron chi connectivity index (χ2n) is 3.05. The lowest BCUT2D eigenvalue weighted by molar-refractivity contribution is 0.862. The molecule has 4 heteroatoms. The van der Waals surface area contributed by atoms with Crippen LogP contribution in [0, 0.1) is 0 Å². The summed E-state index contributed by atoms with van der Waals surface area (Å²) in [5, 5.41) is 0.433. The smallest absolute Gasteiger partial charge is 0.252 e. The van der Waals surface area contributed by atoms with E-state index >= 15 is 0 Å². The molecule has 0 aliphatic heterocycles. The van der Waals surface area contributed by atoms with Gasteiger partial charge in [0.15, 0.2) is 0 Å². The topological polar surface area (TPSA) is 37.8 Å². The van der Waals surface area contributed by atoms with E-state index in [0.717, 1.165) is 11.3 Å². The third kappa shape index (κ3) is 1.46. The Morgan fingerprint density at radius 3 is 2.79 bits per heavy atom. The van der Waals surface area contributed by atoms with E-state index in [2.05, 4.69) is 4.98 Å². The quantitative estimate of drug-likeness (QED) is 0.716. The number of nitrogens with zero attached hydrogens (tertiary/aromatic N) is 1. The van der Waals surface area contributed by atoms with Gasteiger partial charge in [0.05, 0.1) is 0 Å². The summed E-state index contributed by atoms with van der Waals surface area (Å²) in [5.74, 6) is 0. The van der Waals surface area contributed by atoms with Gasteiger partial charge >= 0.3 is 0 Å². The summed E-state index contributed by atoms with van der Waals surface area (Å²) in [6, 6.07) is 7.08. The number of pyridine rings is 1. The highest BCUT2D eigenvalue weighted by Crippen LogP contribution is 2.18. The van der Waals surface area contributed by atoms with E-state index in [1.165, 1.54) is 4.57 Å². The maximum absolute atomic E-state index is 11.4. The van der Waals surface area contributed by atoms with Crippen LogP contribution in [0.3, 0.4) is 0 Å². The van der Waals surface area contributed by atoms with Crippen molar-refractivity contribution in [3.05, 3.63) is 46.0 Å². The van der Waals surface area contributed by atoms with Crippen molar-refractivity contribution in [2.24, 2.45) is 7.05 Å². The number of hydrogen-bond acceptors (Lipinski definition) is 1. The third-order valence-corrected chi connectivity index (χ3v) is 2.48. The molecule has 0 aliphatic rings. The van der Waals surface area contributed by atoms with E-state index in [4.69, 9.17) is 11.6 Å². The predicted molar refractivity (Wildman–Crippen MR) is 56.5 cm³/mol. The molecule has 0 amide bonds. The van der Waals surface area contributed by atoms with Gasteiger partial charge in [0.1, 0.15) is 5.15 Å². The summed E-state index contributed by atoms with van der Waals surface area (Å²) >= 11 is 5.89. The van der Waals surface area contributed by atoms with Crippen LogP contribution in [0.1, 0.15) is 0 Å². The van der Waals surface area contributed by atoms with Crippen LogP contribution < -0.4 is 5.56 Å². The lowest BCUT2D eigenvalue weighted by Gasteiger charge is -2.03. The Balaban J connectivity index is 2.63. The van der Waals surface area contributed by atoms with Crippen LogP contribution in [0.2, 0.25) is 5.15 Å². The van der Waals surface area contributed by atoms with Gasteiger partial charge in [0.2, 0.25) is 0 Å². The van der Waals surface area contributed by atoms with E-state index < -0.39 is 0 Å². The van der Waals surface area contributed by atoms with Crippen molar-refractivity contribution in [1.29, 1.82) is 0 Å². The molecule has 2 aromatic heterocycles. The minimum Gasteiger partial charge on any atom is -0.361 e. The monoisotopic (exact) mass is 208 g/mol. The minimum atomic E-state index is -0.109. The maximum atomic E-state index is 11.4. The second kappa shape index (κ2) is 3.35. The summed E-state index contributed by atoms with van der Waals surface area (Å²) in [4.78, 5) is 14.4. The first-order valence-electron chi connectivity index (χ1n) is 4.19. The number of nitrogens with one attached hydrogen (secondary N) is 1. The van der Waals surface area contributed by atoms with Gasteiger partial charge in [-0.25, -0.2) is 0 Å². The van der Waals surface area contributed by atoms with Gasteiger partial charge in [-0.05, 0) is 18.2 Å². The first-order chi connectivity index (χ1) is 6.68. The van der Waals surface area contributed by atoms with Crippen molar-refractivity contribution < 1.29 is 0 Å². The van der Waals surface area contributed by atoms with Gasteiger partial charge in [0, 0.05) is 30.6 Å². The summed E-state index contributed by atoms with van der Waals surface area (Å²) in [6.07, 6.45) is 1.81. The molecule has 0 saturated heterocycles. The van der Waals surface area contributed by atoms with Crippen LogP contribution in [0.5, 0.6) is 0 Å². The molecule has 1 N–H and O–H groups in total. The molecular weight excluding hydrogens is 200 g/mol. The molecule has 2 aromatic rings. The van der Waals surface area contributed by atoms with Crippen molar-refractivity contribution in [3.8, 4) is 11.3 Å². The van der Waals surface area contributed by atoms with Gasteiger partial charge in [-0.1, -0.05) is 11.6 Å². The van der Waals surface area contributed by atoms with Crippen molar-refractivity contribution >= 4 is 11.6 Å². The lowest BCUT2D eigenvalue weighted by atomic mass is 10.2. The Bertz CT molecular complexity index is 499. The highest BCUT2D eigenvalue weighted by Gasteiger charge is 2.03. The molecule has 0 aromatic carbocycles. The van der Waals surface area contributed by atoms with Crippen LogP contribution >= 0.6 is 11.6 Å². The largest absolute Gasteiger partial charge is 0.361 e. The lowest BCUT2D eigenvalue weighted by Crippen LogP contribution is -2.15. The highest BCUT2D eigenvalue weighted by molar-refractivity contribution is 6.29. The predicted octanol–water partition coefficient (Wildman–Crippen LogP) is 2.03. The first-order valence-corrected chi connectivity index (χ1v) is 4.56. The normalized spacial score (nSPS) is 10.4. The Morgan fingerprint density at radius 2 is 2.21 bits per heavy atom. The SMILES string of the molecule is Cn1c(Cl)cc(-c2ccc[nH]2)cc1=O. The van der Waals surface area contributed by atoms with E-state index in [1.807, 2.05) is 12.1 Å². The zero-order valence-electron chi connectivity index (χ0n) is 7.62. The molecule has 0 bridgehead atoms. The van der Waals surface area contributed by atoms with Gasteiger partial charge in [-0.3, -0.25) is 4.79 Å². The molecule has 2 rings (SSSR count). The Kier molecular flexibility index (Phi) is 2.17. The Morgan fingerprint density at radius 1 is 1.43 bits per heavy atom. The Hall–Kier alpha value is -1.48. The number of halogens is 1. The number of rotatable bonds is 1. The maximum Gasteiger partial charge on any atom is 0.252 e. The van der Waals surface area contributed by atoms with Crippen LogP contribution in [-0.4, -0.2) is 9.55 Å². The van der Waals surface area contributed by atoms with Crippen molar-refractivity contribution in [1.82, 2.24) is 9.55 Å². The molecule has 0 saturated carbocycles. The molecule has 0 unspecified atom stereocenters. The van der Waals surface area contributed by atoms with Gasteiger partial charge in [-0.2, -0.15) is 0 Å². The number of hydrogen-bond donors (Lipinski definition) is 1. The highest BCUT2D eigenvalue weighted by atomic mass is 35.5. The molecule has 0 radical (unpaired) electrons. The average molecular weight is 209 g/mol. The fourth-order valence-electron chi connectivity index (χ4n) is 1.27. The van der Waals surface area contributed by atoms with Crippen LogP contribution in [0.4, 0.5) is 0 Å². The van der Waals surface area contributed by atoms with E-state index in [9.17, 15) is 4.79 Å². The van der Waals surface area contributed by atoms with Crippen molar-refractivity contribution in [3.63, 3.8) is 0 Å². The molecule has 0 atom stereocenters. The fraction of sp³-hybridized carbons (Fsp3) is 0.100. The molecule has 3 nitrogen and oxygen atoms in total. The molecule has 0 aliphatic carbocycles. The number of aromatic amines is 1. The van der Waals surface area contributed by atoms with E-state index in [1.54, 1.807) is 25.4 Å². The Labute approximate surface area is 86.0 Å². The van der Waals surface area contributed by atoms with E-state index in [-0.39, 0.29) is 5.56 Å². The molecule has 72 valence electrons. The first kappa shape index (κ1) is 9.09. The molecule has 0 spiro atoms. The fourth-order valence-corrected chi connectivity index (χ4v) is 1.47. The summed E-state index contributed by atoms with van der Waals surface area (Å²) in [6.45, 7) is 0. The van der Waals surface area contributed by atoms with Crippen LogP contribution in [0.25, 0.3) is 11.3 Å². The van der Waals surface area contributed by atoms with Crippen LogP contribution in [-0.2, 0) is 7.05 Å². The zero-order valence-corrected chi connectivity index (χ0v) is 8.38. The van der Waals surface area contributed by atoms with Crippen molar-refractivity contribution in [2.75, 3.05) is 0 Å². The summed E-state index contributed by atoms with van der Waals surface area (Å²) < 4.78 is 1.40. The van der Waals surface area contributed by atoms with Gasteiger partial charge in [-0.15, -0.1) is 0 Å². The summed E-state index contributed by atoms with van der Waals surface area (Å²) in [5.41, 5.74) is 1.59. The standard InChI is InChI=1S/C10H9ClN2O/c1-13-9(11)5-7(6-10(13)14)8-3-2-4-12-8/h2-6,12H,1H3. The molecule has 0 fully saturated rings. The summed E-state index contributed by atoms with van der Waals surface area (Å²) in [7, 11) is 1.64. The average Bonchev–Trinajstić information content (AvgIpc) is 2.66. The molecule has 14 heavy (non-hydrogen) atoms. The number of H-pyrrole nitrogens is 1. The van der Waals surface area contributed by atoms with Gasteiger partial charge < -0.3 is 9.55 Å². The second-order valence-corrected chi connectivity index (χ2v) is 3.44. The van der Waals surface area contributed by atoms with E-state index in [0.29, 0.717) is 5.15 Å². The van der Waals surface area contributed by atoms with Gasteiger partial charge in [0.25, 0.3) is 5.56 Å².